The van der Waals surface area contributed by atoms with Crippen molar-refractivity contribution in [3.8, 4) is 0 Å². The quantitative estimate of drug-likeness (QED) is 0.874. The van der Waals surface area contributed by atoms with Gasteiger partial charge in [0.2, 0.25) is 0 Å². The Morgan fingerprint density at radius 1 is 1.29 bits per heavy atom. The molecule has 94 valence electrons. The molecule has 1 heterocycles. The zero-order valence-corrected chi connectivity index (χ0v) is 10.5. The topological polar surface area (TPSA) is 38.7 Å². The van der Waals surface area contributed by atoms with Gasteiger partial charge in [-0.05, 0) is 18.1 Å². The lowest BCUT2D eigenvalue weighted by atomic mass is 9.83. The van der Waals surface area contributed by atoms with E-state index in [9.17, 15) is 5.11 Å². The van der Waals surface area contributed by atoms with Crippen LogP contribution in [0.5, 0.6) is 0 Å². The number of aryl methyl sites for hydroxylation is 1. The minimum atomic E-state index is -0.586. The maximum Gasteiger partial charge on any atom is 0.108 e. The van der Waals surface area contributed by atoms with Crippen LogP contribution in [0.15, 0.2) is 24.3 Å². The van der Waals surface area contributed by atoms with Crippen molar-refractivity contribution in [2.24, 2.45) is 0 Å². The fraction of sp³-hybridized carbons (Fsp3) is 0.571. The van der Waals surface area contributed by atoms with Crippen molar-refractivity contribution in [3.05, 3.63) is 35.4 Å². The third kappa shape index (κ3) is 2.37. The second-order valence-electron chi connectivity index (χ2n) is 4.64. The van der Waals surface area contributed by atoms with Crippen LogP contribution in [-0.2, 0) is 9.47 Å². The molecule has 1 fully saturated rings. The molecule has 3 heteroatoms. The Labute approximate surface area is 102 Å². The van der Waals surface area contributed by atoms with Gasteiger partial charge in [0.1, 0.15) is 11.7 Å². The van der Waals surface area contributed by atoms with Crippen molar-refractivity contribution in [2.75, 3.05) is 20.3 Å². The van der Waals surface area contributed by atoms with Crippen LogP contribution in [0.2, 0.25) is 0 Å². The molecule has 3 nitrogen and oxygen atoms in total. The van der Waals surface area contributed by atoms with Gasteiger partial charge in [-0.25, -0.2) is 0 Å². The number of methoxy groups -OCH3 is 1. The van der Waals surface area contributed by atoms with E-state index in [4.69, 9.17) is 9.47 Å². The molecule has 1 aromatic rings. The summed E-state index contributed by atoms with van der Waals surface area (Å²) in [6, 6.07) is 7.92. The van der Waals surface area contributed by atoms with Crippen molar-refractivity contribution in [3.63, 3.8) is 0 Å². The van der Waals surface area contributed by atoms with Crippen LogP contribution >= 0.6 is 0 Å². The maximum absolute atomic E-state index is 10.6. The van der Waals surface area contributed by atoms with Crippen molar-refractivity contribution in [1.29, 1.82) is 0 Å². The molecule has 0 radical (unpaired) electrons. The monoisotopic (exact) mass is 236 g/mol. The van der Waals surface area contributed by atoms with E-state index in [1.165, 1.54) is 0 Å². The van der Waals surface area contributed by atoms with Gasteiger partial charge in [0.15, 0.2) is 0 Å². The van der Waals surface area contributed by atoms with Gasteiger partial charge in [-0.2, -0.15) is 0 Å². The van der Waals surface area contributed by atoms with Gasteiger partial charge < -0.3 is 14.6 Å². The van der Waals surface area contributed by atoms with Gasteiger partial charge in [-0.15, -0.1) is 0 Å². The molecular weight excluding hydrogens is 216 g/mol. The van der Waals surface area contributed by atoms with Gasteiger partial charge in [-0.3, -0.25) is 0 Å². The fourth-order valence-corrected chi connectivity index (χ4v) is 2.48. The van der Waals surface area contributed by atoms with Crippen molar-refractivity contribution < 1.29 is 14.6 Å². The molecule has 0 amide bonds. The molecule has 0 spiro atoms. The summed E-state index contributed by atoms with van der Waals surface area (Å²) >= 11 is 0. The van der Waals surface area contributed by atoms with Crippen molar-refractivity contribution in [1.82, 2.24) is 0 Å². The van der Waals surface area contributed by atoms with Gasteiger partial charge in [0.25, 0.3) is 0 Å². The third-order valence-corrected chi connectivity index (χ3v) is 3.73. The smallest absolute Gasteiger partial charge is 0.108 e. The summed E-state index contributed by atoms with van der Waals surface area (Å²) in [5, 5.41) is 10.6. The van der Waals surface area contributed by atoms with Gasteiger partial charge in [-0.1, -0.05) is 24.3 Å². The standard InChI is InChI=1S/C14H20O3/c1-11-5-3-4-6-12(11)13(15)14(16-2)7-9-17-10-8-14/h3-6,13,15H,7-10H2,1-2H3. The average molecular weight is 236 g/mol. The molecule has 17 heavy (non-hydrogen) atoms. The Morgan fingerprint density at radius 2 is 1.94 bits per heavy atom. The van der Waals surface area contributed by atoms with E-state index in [2.05, 4.69) is 0 Å². The number of ether oxygens (including phenoxy) is 2. The largest absolute Gasteiger partial charge is 0.385 e. The molecule has 1 unspecified atom stereocenters. The van der Waals surface area contributed by atoms with Crippen LogP contribution in [0.3, 0.4) is 0 Å². The van der Waals surface area contributed by atoms with Crippen LogP contribution in [0.1, 0.15) is 30.1 Å². The molecule has 1 atom stereocenters. The van der Waals surface area contributed by atoms with E-state index in [1.54, 1.807) is 7.11 Å². The highest BCUT2D eigenvalue weighted by molar-refractivity contribution is 5.29. The Morgan fingerprint density at radius 3 is 2.53 bits per heavy atom. The second kappa shape index (κ2) is 5.17. The summed E-state index contributed by atoms with van der Waals surface area (Å²) in [5.74, 6) is 0. The summed E-state index contributed by atoms with van der Waals surface area (Å²) in [5.41, 5.74) is 1.56. The Kier molecular flexibility index (Phi) is 3.82. The highest BCUT2D eigenvalue weighted by Crippen LogP contribution is 2.38. The van der Waals surface area contributed by atoms with E-state index >= 15 is 0 Å². The third-order valence-electron chi connectivity index (χ3n) is 3.73. The van der Waals surface area contributed by atoms with Crippen LogP contribution < -0.4 is 0 Å². The Balaban J connectivity index is 2.28. The van der Waals surface area contributed by atoms with Crippen molar-refractivity contribution >= 4 is 0 Å². The van der Waals surface area contributed by atoms with Crippen LogP contribution in [0, 0.1) is 6.92 Å². The van der Waals surface area contributed by atoms with Crippen LogP contribution in [0.4, 0.5) is 0 Å². The van der Waals surface area contributed by atoms with Crippen molar-refractivity contribution in [2.45, 2.75) is 31.5 Å². The number of rotatable bonds is 3. The maximum atomic E-state index is 10.6. The minimum Gasteiger partial charge on any atom is -0.385 e. The van der Waals surface area contributed by atoms with E-state index in [1.807, 2.05) is 31.2 Å². The van der Waals surface area contributed by atoms with E-state index in [0.717, 1.165) is 24.0 Å². The minimum absolute atomic E-state index is 0.496. The number of benzene rings is 1. The van der Waals surface area contributed by atoms with E-state index < -0.39 is 11.7 Å². The Hall–Kier alpha value is -0.900. The number of aliphatic hydroxyl groups is 1. The molecule has 0 aromatic heterocycles. The predicted molar refractivity (Wildman–Crippen MR) is 65.9 cm³/mol. The summed E-state index contributed by atoms with van der Waals surface area (Å²) < 4.78 is 11.0. The van der Waals surface area contributed by atoms with Gasteiger partial charge in [0.05, 0.1) is 0 Å². The number of hydrogen-bond donors (Lipinski definition) is 1. The molecule has 1 aliphatic heterocycles. The lowest BCUT2D eigenvalue weighted by molar-refractivity contribution is -0.154. The average Bonchev–Trinajstić information content (AvgIpc) is 2.39. The molecular formula is C14H20O3. The predicted octanol–water partition coefficient (Wildman–Crippen LogP) is 2.22. The first-order valence-electron chi connectivity index (χ1n) is 6.06. The van der Waals surface area contributed by atoms with E-state index in [-0.39, 0.29) is 0 Å². The molecule has 0 saturated carbocycles. The summed E-state index contributed by atoms with van der Waals surface area (Å²) in [4.78, 5) is 0. The molecule has 2 rings (SSSR count). The summed E-state index contributed by atoms with van der Waals surface area (Å²) in [6.07, 6.45) is 0.885. The van der Waals surface area contributed by atoms with Gasteiger partial charge >= 0.3 is 0 Å². The first-order valence-corrected chi connectivity index (χ1v) is 6.06. The molecule has 1 saturated heterocycles. The second-order valence-corrected chi connectivity index (χ2v) is 4.64. The fourth-order valence-electron chi connectivity index (χ4n) is 2.48. The Bertz CT molecular complexity index is 369. The number of aliphatic hydroxyl groups excluding tert-OH is 1. The molecule has 1 N–H and O–H groups in total. The zero-order valence-electron chi connectivity index (χ0n) is 10.5. The lowest BCUT2D eigenvalue weighted by Crippen LogP contribution is -2.44. The molecule has 0 bridgehead atoms. The SMILES string of the molecule is COC1(C(O)c2ccccc2C)CCOCC1. The normalized spacial score (nSPS) is 21.1. The zero-order chi connectivity index (χ0) is 12.3. The molecule has 1 aliphatic rings. The van der Waals surface area contributed by atoms with E-state index in [0.29, 0.717) is 13.2 Å². The molecule has 1 aromatic carbocycles. The first-order chi connectivity index (χ1) is 8.19. The number of hydrogen-bond acceptors (Lipinski definition) is 3. The highest BCUT2D eigenvalue weighted by Gasteiger charge is 2.40. The summed E-state index contributed by atoms with van der Waals surface area (Å²) in [6.45, 7) is 3.31. The van der Waals surface area contributed by atoms with Gasteiger partial charge in [0, 0.05) is 33.2 Å². The van der Waals surface area contributed by atoms with Crippen LogP contribution in [0.25, 0.3) is 0 Å². The summed E-state index contributed by atoms with van der Waals surface area (Å²) in [7, 11) is 1.67. The lowest BCUT2D eigenvalue weighted by Gasteiger charge is -2.40. The molecule has 0 aliphatic carbocycles. The first kappa shape index (κ1) is 12.6. The highest BCUT2D eigenvalue weighted by atomic mass is 16.5. The van der Waals surface area contributed by atoms with Crippen LogP contribution in [-0.4, -0.2) is 31.0 Å².